The lowest BCUT2D eigenvalue weighted by Crippen LogP contribution is -2.41. The van der Waals surface area contributed by atoms with Crippen LogP contribution in [0.15, 0.2) is 62.8 Å². The predicted molar refractivity (Wildman–Crippen MR) is 112 cm³/mol. The number of nitrogens with zero attached hydrogens (tertiary/aromatic N) is 2. The van der Waals surface area contributed by atoms with Crippen molar-refractivity contribution in [2.24, 2.45) is 7.05 Å². The molecule has 156 valence electrons. The summed E-state index contributed by atoms with van der Waals surface area (Å²) in [6.45, 7) is 0.745. The number of rotatable bonds is 4. The maximum atomic E-state index is 13.0. The molecule has 4 aromatic rings. The minimum Gasteiger partial charge on any atom is -0.490 e. The third-order valence-electron chi connectivity index (χ3n) is 5.61. The fraction of sp³-hybridized carbons (Fsp3) is 0.286. The molecule has 5 rings (SSSR count). The highest BCUT2D eigenvalue weighted by Crippen LogP contribution is 2.30. The molecule has 1 fully saturated rings. The number of fused-ring (bicyclic) bond motifs is 2. The lowest BCUT2D eigenvalue weighted by molar-refractivity contribution is 0.137. The molecule has 0 aliphatic carbocycles. The van der Waals surface area contributed by atoms with E-state index in [9.17, 15) is 13.2 Å². The first-order valence-corrected chi connectivity index (χ1v) is 11.2. The smallest absolute Gasteiger partial charge is 0.417 e. The van der Waals surface area contributed by atoms with Gasteiger partial charge in [0.15, 0.2) is 5.58 Å². The fourth-order valence-electron chi connectivity index (χ4n) is 3.99. The van der Waals surface area contributed by atoms with E-state index < -0.39 is 15.8 Å². The molecule has 2 aromatic carbocycles. The number of hydrogen-bond acceptors (Lipinski definition) is 5. The molecule has 0 spiro atoms. The van der Waals surface area contributed by atoms with Crippen molar-refractivity contribution in [1.82, 2.24) is 13.9 Å². The highest BCUT2D eigenvalue weighted by Gasteiger charge is 2.30. The summed E-state index contributed by atoms with van der Waals surface area (Å²) in [4.78, 5) is 14.0. The van der Waals surface area contributed by atoms with E-state index in [0.29, 0.717) is 37.0 Å². The summed E-state index contributed by atoms with van der Waals surface area (Å²) < 4.78 is 40.8. The maximum absolute atomic E-state index is 13.0. The molecule has 0 unspecified atom stereocenters. The van der Waals surface area contributed by atoms with Gasteiger partial charge in [-0.1, -0.05) is 6.07 Å². The van der Waals surface area contributed by atoms with Crippen LogP contribution < -0.4 is 10.5 Å². The van der Waals surface area contributed by atoms with Gasteiger partial charge < -0.3 is 13.7 Å². The van der Waals surface area contributed by atoms with Gasteiger partial charge in [-0.2, -0.15) is 4.31 Å². The normalized spacial score (nSPS) is 16.4. The second-order valence-corrected chi connectivity index (χ2v) is 9.45. The number of piperidine rings is 1. The van der Waals surface area contributed by atoms with Crippen LogP contribution in [-0.2, 0) is 17.1 Å². The molecule has 9 heteroatoms. The van der Waals surface area contributed by atoms with Crippen molar-refractivity contribution in [3.05, 3.63) is 59.2 Å². The molecule has 3 heterocycles. The number of aryl methyl sites for hydroxylation is 1. The number of aromatic nitrogens is 2. The molecule has 1 aliphatic rings. The van der Waals surface area contributed by atoms with Crippen LogP contribution >= 0.6 is 0 Å². The van der Waals surface area contributed by atoms with Crippen LogP contribution in [0.5, 0.6) is 5.75 Å². The van der Waals surface area contributed by atoms with Gasteiger partial charge in [0.2, 0.25) is 10.0 Å². The summed E-state index contributed by atoms with van der Waals surface area (Å²) in [5, 5.41) is 1.05. The van der Waals surface area contributed by atoms with Gasteiger partial charge in [0.05, 0.1) is 15.9 Å². The summed E-state index contributed by atoms with van der Waals surface area (Å²) in [6, 6.07) is 12.4. The number of hydrogen-bond donors (Lipinski definition) is 1. The topological polar surface area (TPSA) is 97.5 Å². The van der Waals surface area contributed by atoms with E-state index in [-0.39, 0.29) is 11.0 Å². The number of nitrogens with one attached hydrogen (secondary N) is 1. The zero-order valence-corrected chi connectivity index (χ0v) is 17.2. The first kappa shape index (κ1) is 19.0. The molecule has 0 saturated carbocycles. The van der Waals surface area contributed by atoms with Gasteiger partial charge in [-0.15, -0.1) is 0 Å². The van der Waals surface area contributed by atoms with E-state index in [1.165, 1.54) is 22.5 Å². The third-order valence-corrected chi connectivity index (χ3v) is 7.51. The van der Waals surface area contributed by atoms with Crippen LogP contribution in [0.2, 0.25) is 0 Å². The molecule has 8 nitrogen and oxygen atoms in total. The molecule has 0 radical (unpaired) electrons. The van der Waals surface area contributed by atoms with E-state index in [2.05, 4.69) is 4.98 Å². The summed E-state index contributed by atoms with van der Waals surface area (Å²) in [5.74, 6) is 0.217. The average Bonchev–Trinajstić information content (AvgIpc) is 3.30. The first-order valence-electron chi connectivity index (χ1n) is 9.75. The van der Waals surface area contributed by atoms with Crippen molar-refractivity contribution in [2.75, 3.05) is 13.1 Å². The Labute approximate surface area is 172 Å². The Bertz CT molecular complexity index is 1390. The van der Waals surface area contributed by atoms with Gasteiger partial charge in [0.25, 0.3) is 0 Å². The summed E-state index contributed by atoms with van der Waals surface area (Å²) in [7, 11) is -1.67. The maximum Gasteiger partial charge on any atom is 0.417 e. The third kappa shape index (κ3) is 3.20. The number of oxazole rings is 1. The van der Waals surface area contributed by atoms with E-state index >= 15 is 0 Å². The van der Waals surface area contributed by atoms with Crippen molar-refractivity contribution in [3.8, 4) is 5.75 Å². The lowest BCUT2D eigenvalue weighted by Gasteiger charge is -2.31. The summed E-state index contributed by atoms with van der Waals surface area (Å²) in [5.41, 5.74) is 1.80. The van der Waals surface area contributed by atoms with Crippen LogP contribution in [0.1, 0.15) is 12.8 Å². The lowest BCUT2D eigenvalue weighted by atomic mass is 10.1. The Balaban J connectivity index is 1.31. The Morgan fingerprint density at radius 3 is 2.73 bits per heavy atom. The fourth-order valence-corrected chi connectivity index (χ4v) is 5.48. The van der Waals surface area contributed by atoms with E-state index in [1.807, 2.05) is 42.1 Å². The van der Waals surface area contributed by atoms with Gasteiger partial charge in [0.1, 0.15) is 11.9 Å². The SMILES string of the molecule is Cn1ccc2c(OC3CCN(S(=O)(=O)c4ccc5oc(=O)[nH]c5c4)CC3)cccc21. The molecule has 1 saturated heterocycles. The van der Waals surface area contributed by atoms with Gasteiger partial charge in [-0.3, -0.25) is 4.98 Å². The molecule has 1 N–H and O–H groups in total. The molecule has 0 bridgehead atoms. The molecule has 30 heavy (non-hydrogen) atoms. The van der Waals surface area contributed by atoms with Gasteiger partial charge in [0, 0.05) is 31.7 Å². The van der Waals surface area contributed by atoms with Crippen molar-refractivity contribution >= 4 is 32.0 Å². The van der Waals surface area contributed by atoms with Crippen LogP contribution in [0.3, 0.4) is 0 Å². The standard InChI is InChI=1S/C21H21N3O5S/c1-23-10-9-16-18(23)3-2-4-19(16)28-14-7-11-24(12-8-14)30(26,27)15-5-6-20-17(13-15)22-21(25)29-20/h2-6,9-10,13-14H,7-8,11-12H2,1H3,(H,22,25). The molecular weight excluding hydrogens is 406 g/mol. The summed E-state index contributed by atoms with van der Waals surface area (Å²) in [6.07, 6.45) is 3.16. The van der Waals surface area contributed by atoms with E-state index in [0.717, 1.165) is 16.7 Å². The first-order chi connectivity index (χ1) is 14.4. The largest absolute Gasteiger partial charge is 0.490 e. The molecular formula is C21H21N3O5S. The number of aromatic amines is 1. The quantitative estimate of drug-likeness (QED) is 0.540. The van der Waals surface area contributed by atoms with Gasteiger partial charge in [-0.05, 0) is 49.2 Å². The zero-order valence-electron chi connectivity index (χ0n) is 16.4. The summed E-state index contributed by atoms with van der Waals surface area (Å²) >= 11 is 0. The van der Waals surface area contributed by atoms with Crippen molar-refractivity contribution in [1.29, 1.82) is 0 Å². The van der Waals surface area contributed by atoms with Crippen LogP contribution in [-0.4, -0.2) is 41.5 Å². The van der Waals surface area contributed by atoms with Crippen LogP contribution in [0, 0.1) is 0 Å². The van der Waals surface area contributed by atoms with Crippen molar-refractivity contribution in [2.45, 2.75) is 23.8 Å². The highest BCUT2D eigenvalue weighted by atomic mass is 32.2. The minimum absolute atomic E-state index is 0.0463. The Morgan fingerprint density at radius 1 is 1.13 bits per heavy atom. The molecule has 2 aromatic heterocycles. The number of sulfonamides is 1. The monoisotopic (exact) mass is 427 g/mol. The minimum atomic E-state index is -3.66. The van der Waals surface area contributed by atoms with E-state index in [1.54, 1.807) is 0 Å². The van der Waals surface area contributed by atoms with Gasteiger partial charge in [-0.25, -0.2) is 13.2 Å². The highest BCUT2D eigenvalue weighted by molar-refractivity contribution is 7.89. The van der Waals surface area contributed by atoms with Crippen molar-refractivity contribution in [3.63, 3.8) is 0 Å². The van der Waals surface area contributed by atoms with E-state index in [4.69, 9.17) is 9.15 Å². The van der Waals surface area contributed by atoms with Crippen LogP contribution in [0.4, 0.5) is 0 Å². The Morgan fingerprint density at radius 2 is 1.93 bits per heavy atom. The molecule has 1 aliphatic heterocycles. The second-order valence-electron chi connectivity index (χ2n) is 7.51. The Kier molecular flexibility index (Phi) is 4.44. The van der Waals surface area contributed by atoms with Crippen LogP contribution in [0.25, 0.3) is 22.0 Å². The predicted octanol–water partition coefficient (Wildman–Crippen LogP) is 2.84. The zero-order chi connectivity index (χ0) is 20.9. The average molecular weight is 427 g/mol. The Hall–Kier alpha value is -3.04. The molecule has 0 atom stereocenters. The number of ether oxygens (including phenoxy) is 1. The second kappa shape index (κ2) is 7.03. The molecule has 0 amide bonds. The van der Waals surface area contributed by atoms with Gasteiger partial charge >= 0.3 is 5.76 Å². The van der Waals surface area contributed by atoms with Crippen molar-refractivity contribution < 1.29 is 17.6 Å². The number of H-pyrrole nitrogens is 1. The number of benzene rings is 2.